The second-order valence-corrected chi connectivity index (χ2v) is 8.67. The lowest BCUT2D eigenvalue weighted by Gasteiger charge is -2.21. The van der Waals surface area contributed by atoms with Crippen LogP contribution in [0.4, 0.5) is 0 Å². The summed E-state index contributed by atoms with van der Waals surface area (Å²) in [5.74, 6) is 0.193. The third-order valence-electron chi connectivity index (χ3n) is 3.64. The summed E-state index contributed by atoms with van der Waals surface area (Å²) in [4.78, 5) is 0. The Morgan fingerprint density at radius 2 is 2.00 bits per heavy atom. The van der Waals surface area contributed by atoms with Crippen LogP contribution >= 0.6 is 15.9 Å². The van der Waals surface area contributed by atoms with E-state index in [1.807, 2.05) is 13.0 Å². The van der Waals surface area contributed by atoms with Crippen molar-refractivity contribution in [1.29, 1.82) is 0 Å². The molecule has 1 aliphatic carbocycles. The molecule has 1 N–H and O–H groups in total. The molecule has 1 aromatic carbocycles. The topological polar surface area (TPSA) is 46.2 Å². The highest BCUT2D eigenvalue weighted by atomic mass is 79.9. The van der Waals surface area contributed by atoms with Gasteiger partial charge in [-0.05, 0) is 31.4 Å². The van der Waals surface area contributed by atoms with Gasteiger partial charge >= 0.3 is 0 Å². The Hall–Kier alpha value is -0.390. The fraction of sp³-hybridized carbons (Fsp3) is 0.571. The number of hydrogen-bond donors (Lipinski definition) is 1. The first kappa shape index (κ1) is 15.0. The van der Waals surface area contributed by atoms with Crippen LogP contribution < -0.4 is 5.32 Å². The fourth-order valence-electron chi connectivity index (χ4n) is 2.47. The highest BCUT2D eigenvalue weighted by molar-refractivity contribution is 9.10. The van der Waals surface area contributed by atoms with Crippen LogP contribution in [-0.2, 0) is 15.3 Å². The van der Waals surface area contributed by atoms with Crippen LogP contribution in [0.3, 0.4) is 0 Å². The van der Waals surface area contributed by atoms with Crippen LogP contribution in [0.2, 0.25) is 0 Å². The summed E-state index contributed by atoms with van der Waals surface area (Å²) in [6, 6.07) is 8.29. The molecule has 19 heavy (non-hydrogen) atoms. The predicted octanol–water partition coefficient (Wildman–Crippen LogP) is 2.50. The summed E-state index contributed by atoms with van der Waals surface area (Å²) in [6.45, 7) is 2.77. The highest BCUT2D eigenvalue weighted by Gasteiger charge is 2.45. The van der Waals surface area contributed by atoms with E-state index >= 15 is 0 Å². The Bertz CT molecular complexity index is 552. The van der Waals surface area contributed by atoms with Crippen molar-refractivity contribution >= 4 is 25.8 Å². The summed E-state index contributed by atoms with van der Waals surface area (Å²) in [5.41, 5.74) is 1.51. The molecule has 0 aromatic heterocycles. The molecular formula is C14H20BrNO2S. The van der Waals surface area contributed by atoms with Crippen LogP contribution in [0.15, 0.2) is 28.7 Å². The van der Waals surface area contributed by atoms with Gasteiger partial charge in [-0.1, -0.05) is 34.1 Å². The van der Waals surface area contributed by atoms with Crippen molar-refractivity contribution in [3.8, 4) is 0 Å². The fourth-order valence-corrected chi connectivity index (χ4v) is 4.20. The van der Waals surface area contributed by atoms with Crippen LogP contribution in [0.25, 0.3) is 0 Å². The molecule has 1 fully saturated rings. The number of halogens is 1. The van der Waals surface area contributed by atoms with Gasteiger partial charge in [0.25, 0.3) is 0 Å². The minimum atomic E-state index is -2.92. The van der Waals surface area contributed by atoms with Gasteiger partial charge in [-0.25, -0.2) is 8.42 Å². The minimum Gasteiger partial charge on any atom is -0.312 e. The standard InChI is InChI=1S/C14H20BrNO2S/c1-11(9-19(2,17)18)16-10-14(7-8-14)12-5-3-4-6-13(12)15/h3-6,11,16H,7-10H2,1-2H3/t11-/m1/s1. The van der Waals surface area contributed by atoms with Crippen molar-refractivity contribution in [3.05, 3.63) is 34.3 Å². The van der Waals surface area contributed by atoms with Gasteiger partial charge in [-0.3, -0.25) is 0 Å². The Kier molecular flexibility index (Phi) is 4.38. The molecule has 1 aliphatic rings. The second-order valence-electron chi connectivity index (χ2n) is 5.63. The molecule has 0 amide bonds. The normalized spacial score (nSPS) is 19.1. The Balaban J connectivity index is 1.98. The molecule has 0 saturated heterocycles. The van der Waals surface area contributed by atoms with Gasteiger partial charge in [0.1, 0.15) is 9.84 Å². The van der Waals surface area contributed by atoms with Gasteiger partial charge in [-0.15, -0.1) is 0 Å². The van der Waals surface area contributed by atoms with Crippen molar-refractivity contribution in [2.75, 3.05) is 18.6 Å². The highest BCUT2D eigenvalue weighted by Crippen LogP contribution is 2.49. The minimum absolute atomic E-state index is 0.00466. The maximum Gasteiger partial charge on any atom is 0.148 e. The largest absolute Gasteiger partial charge is 0.312 e. The predicted molar refractivity (Wildman–Crippen MR) is 82.2 cm³/mol. The quantitative estimate of drug-likeness (QED) is 0.861. The first-order valence-electron chi connectivity index (χ1n) is 6.49. The van der Waals surface area contributed by atoms with E-state index in [4.69, 9.17) is 0 Å². The maximum atomic E-state index is 11.3. The molecule has 0 aliphatic heterocycles. The van der Waals surface area contributed by atoms with Gasteiger partial charge in [0, 0.05) is 28.7 Å². The Labute approximate surface area is 123 Å². The molecule has 1 saturated carbocycles. The van der Waals surface area contributed by atoms with E-state index in [1.54, 1.807) is 0 Å². The Morgan fingerprint density at radius 1 is 1.37 bits per heavy atom. The number of benzene rings is 1. The van der Waals surface area contributed by atoms with Crippen molar-refractivity contribution in [2.45, 2.75) is 31.2 Å². The second kappa shape index (κ2) is 5.54. The summed E-state index contributed by atoms with van der Waals surface area (Å²) >= 11 is 3.60. The van der Waals surface area contributed by atoms with E-state index in [9.17, 15) is 8.42 Å². The lowest BCUT2D eigenvalue weighted by atomic mass is 9.96. The van der Waals surface area contributed by atoms with E-state index in [0.717, 1.165) is 23.9 Å². The van der Waals surface area contributed by atoms with Crippen molar-refractivity contribution < 1.29 is 8.42 Å². The molecule has 106 valence electrons. The first-order chi connectivity index (χ1) is 8.82. The maximum absolute atomic E-state index is 11.3. The van der Waals surface area contributed by atoms with E-state index in [1.165, 1.54) is 11.8 Å². The summed E-state index contributed by atoms with van der Waals surface area (Å²) in [6.07, 6.45) is 3.61. The summed E-state index contributed by atoms with van der Waals surface area (Å²) < 4.78 is 23.7. The molecule has 1 aromatic rings. The number of sulfone groups is 1. The van der Waals surface area contributed by atoms with E-state index in [2.05, 4.69) is 39.4 Å². The number of rotatable bonds is 6. The molecule has 2 rings (SSSR count). The molecule has 0 radical (unpaired) electrons. The molecule has 0 heterocycles. The Morgan fingerprint density at radius 3 is 2.53 bits per heavy atom. The monoisotopic (exact) mass is 345 g/mol. The SMILES string of the molecule is C[C@H](CS(C)(=O)=O)NCC1(c2ccccc2Br)CC1. The molecule has 1 atom stereocenters. The van der Waals surface area contributed by atoms with Gasteiger partial charge < -0.3 is 5.32 Å². The van der Waals surface area contributed by atoms with Crippen LogP contribution in [-0.4, -0.2) is 33.0 Å². The van der Waals surface area contributed by atoms with Crippen LogP contribution in [0.5, 0.6) is 0 Å². The average Bonchev–Trinajstić information content (AvgIpc) is 3.06. The van der Waals surface area contributed by atoms with Gasteiger partial charge in [0.15, 0.2) is 0 Å². The third kappa shape index (κ3) is 4.04. The van der Waals surface area contributed by atoms with E-state index < -0.39 is 9.84 Å². The zero-order valence-corrected chi connectivity index (χ0v) is 13.7. The zero-order chi connectivity index (χ0) is 14.1. The molecule has 0 spiro atoms. The third-order valence-corrected chi connectivity index (χ3v) is 5.44. The lowest BCUT2D eigenvalue weighted by Crippen LogP contribution is -2.38. The molecule has 3 nitrogen and oxygen atoms in total. The van der Waals surface area contributed by atoms with E-state index in [0.29, 0.717) is 0 Å². The van der Waals surface area contributed by atoms with Gasteiger partial charge in [0.2, 0.25) is 0 Å². The average molecular weight is 346 g/mol. The summed E-state index contributed by atoms with van der Waals surface area (Å²) in [7, 11) is -2.92. The zero-order valence-electron chi connectivity index (χ0n) is 11.3. The summed E-state index contributed by atoms with van der Waals surface area (Å²) in [5, 5.41) is 3.37. The van der Waals surface area contributed by atoms with Crippen molar-refractivity contribution in [1.82, 2.24) is 5.32 Å². The molecular weight excluding hydrogens is 326 g/mol. The van der Waals surface area contributed by atoms with E-state index in [-0.39, 0.29) is 17.2 Å². The van der Waals surface area contributed by atoms with Gasteiger partial charge in [0.05, 0.1) is 5.75 Å². The smallest absolute Gasteiger partial charge is 0.148 e. The van der Waals surface area contributed by atoms with Gasteiger partial charge in [-0.2, -0.15) is 0 Å². The van der Waals surface area contributed by atoms with Crippen molar-refractivity contribution in [3.63, 3.8) is 0 Å². The van der Waals surface area contributed by atoms with Crippen molar-refractivity contribution in [2.24, 2.45) is 0 Å². The molecule has 0 bridgehead atoms. The first-order valence-corrected chi connectivity index (χ1v) is 9.34. The number of hydrogen-bond acceptors (Lipinski definition) is 3. The van der Waals surface area contributed by atoms with Crippen LogP contribution in [0.1, 0.15) is 25.3 Å². The van der Waals surface area contributed by atoms with Crippen LogP contribution in [0, 0.1) is 0 Å². The molecule has 0 unspecified atom stereocenters. The lowest BCUT2D eigenvalue weighted by molar-refractivity contribution is 0.513. The number of nitrogens with one attached hydrogen (secondary N) is 1. The molecule has 5 heteroatoms.